The molecule has 1 heterocycles. The number of fused-ring (bicyclic) bond motifs is 1. The second-order valence-corrected chi connectivity index (χ2v) is 4.33. The van der Waals surface area contributed by atoms with Gasteiger partial charge in [0.1, 0.15) is 0 Å². The van der Waals surface area contributed by atoms with Gasteiger partial charge < -0.3 is 4.90 Å². The molecule has 1 amide bonds. The molecule has 0 bridgehead atoms. The summed E-state index contributed by atoms with van der Waals surface area (Å²) in [5.74, 6) is 2.26. The van der Waals surface area contributed by atoms with Gasteiger partial charge in [0.25, 0.3) is 0 Å². The second kappa shape index (κ2) is 2.22. The minimum Gasteiger partial charge on any atom is -0.326 e. The summed E-state index contributed by atoms with van der Waals surface area (Å²) in [6.45, 7) is 1.36. The number of hydrogen-bond donors (Lipinski definition) is 1. The van der Waals surface area contributed by atoms with E-state index in [-0.39, 0.29) is 0 Å². The van der Waals surface area contributed by atoms with Crippen molar-refractivity contribution in [3.63, 3.8) is 0 Å². The van der Waals surface area contributed by atoms with Gasteiger partial charge in [-0.25, -0.2) is 0 Å². The van der Waals surface area contributed by atoms with E-state index in [1.807, 2.05) is 4.90 Å². The van der Waals surface area contributed by atoms with E-state index in [1.54, 1.807) is 0 Å². The Morgan fingerprint density at radius 3 is 2.58 bits per heavy atom. The van der Waals surface area contributed by atoms with Gasteiger partial charge in [0.2, 0.25) is 5.91 Å². The summed E-state index contributed by atoms with van der Waals surface area (Å²) in [6.07, 6.45) is 3.99. The smallest absolute Gasteiger partial charge is 0.237 e. The quantitative estimate of drug-likeness (QED) is 0.602. The van der Waals surface area contributed by atoms with Crippen molar-refractivity contribution in [1.82, 2.24) is 10.2 Å². The molecule has 2 atom stereocenters. The molecule has 1 N–H and O–H groups in total. The van der Waals surface area contributed by atoms with Crippen molar-refractivity contribution < 1.29 is 4.79 Å². The Morgan fingerprint density at radius 1 is 1.25 bits per heavy atom. The zero-order chi connectivity index (χ0) is 8.13. The number of amides is 1. The largest absolute Gasteiger partial charge is 0.326 e. The molecule has 3 rings (SSSR count). The fourth-order valence-corrected chi connectivity index (χ4v) is 2.74. The van der Waals surface area contributed by atoms with Gasteiger partial charge in [0.05, 0.1) is 13.2 Å². The van der Waals surface area contributed by atoms with Crippen LogP contribution in [0.4, 0.5) is 0 Å². The fraction of sp³-hybridized carbons (Fsp3) is 0.889. The molecule has 1 aliphatic heterocycles. The van der Waals surface area contributed by atoms with E-state index < -0.39 is 0 Å². The molecule has 2 saturated carbocycles. The molecule has 2 unspecified atom stereocenters. The van der Waals surface area contributed by atoms with Crippen LogP contribution >= 0.6 is 0 Å². The summed E-state index contributed by atoms with van der Waals surface area (Å²) in [7, 11) is 0. The van der Waals surface area contributed by atoms with Crippen LogP contribution in [0.25, 0.3) is 0 Å². The van der Waals surface area contributed by atoms with Crippen molar-refractivity contribution in [3.8, 4) is 0 Å². The van der Waals surface area contributed by atoms with Crippen LogP contribution in [0.5, 0.6) is 0 Å². The maximum Gasteiger partial charge on any atom is 0.237 e. The second-order valence-electron chi connectivity index (χ2n) is 4.33. The van der Waals surface area contributed by atoms with Crippen LogP contribution < -0.4 is 5.32 Å². The standard InChI is InChI=1S/C9H14N2O/c12-9-4-10-5-11(9)8-2-6-1-7(6)3-8/h6-8,10H,1-5H2. The first-order chi connectivity index (χ1) is 5.84. The molecule has 0 radical (unpaired) electrons. The first-order valence-electron chi connectivity index (χ1n) is 4.85. The van der Waals surface area contributed by atoms with Crippen molar-refractivity contribution in [2.75, 3.05) is 13.2 Å². The van der Waals surface area contributed by atoms with Gasteiger partial charge in [-0.2, -0.15) is 0 Å². The molecule has 0 aromatic heterocycles. The summed E-state index contributed by atoms with van der Waals surface area (Å²) in [4.78, 5) is 13.4. The van der Waals surface area contributed by atoms with Crippen LogP contribution in [-0.4, -0.2) is 30.1 Å². The number of rotatable bonds is 1. The number of nitrogens with one attached hydrogen (secondary N) is 1. The lowest BCUT2D eigenvalue weighted by Gasteiger charge is -2.23. The highest BCUT2D eigenvalue weighted by atomic mass is 16.2. The molecule has 2 aliphatic carbocycles. The third-order valence-electron chi connectivity index (χ3n) is 3.54. The van der Waals surface area contributed by atoms with Gasteiger partial charge in [-0.1, -0.05) is 0 Å². The number of carbonyl (C=O) groups is 1. The summed E-state index contributed by atoms with van der Waals surface area (Å²) in [6, 6.07) is 0.580. The van der Waals surface area contributed by atoms with E-state index in [0.717, 1.165) is 18.5 Å². The lowest BCUT2D eigenvalue weighted by Crippen LogP contribution is -2.36. The predicted molar refractivity (Wildman–Crippen MR) is 44.3 cm³/mol. The highest BCUT2D eigenvalue weighted by Crippen LogP contribution is 2.53. The number of hydrogen-bond acceptors (Lipinski definition) is 2. The van der Waals surface area contributed by atoms with Crippen LogP contribution in [0.15, 0.2) is 0 Å². The highest BCUT2D eigenvalue weighted by molar-refractivity contribution is 5.80. The van der Waals surface area contributed by atoms with Crippen LogP contribution in [-0.2, 0) is 4.79 Å². The SMILES string of the molecule is O=C1CNCN1C1CC2CC2C1. The first kappa shape index (κ1) is 6.89. The van der Waals surface area contributed by atoms with Crippen molar-refractivity contribution >= 4 is 5.91 Å². The summed E-state index contributed by atoms with van der Waals surface area (Å²) in [5.41, 5.74) is 0. The molecule has 1 saturated heterocycles. The zero-order valence-corrected chi connectivity index (χ0v) is 7.12. The summed E-state index contributed by atoms with van der Waals surface area (Å²) >= 11 is 0. The average molecular weight is 166 g/mol. The molecule has 3 heteroatoms. The third kappa shape index (κ3) is 0.891. The van der Waals surface area contributed by atoms with E-state index in [0.29, 0.717) is 18.5 Å². The molecule has 66 valence electrons. The highest BCUT2D eigenvalue weighted by Gasteiger charge is 2.48. The lowest BCUT2D eigenvalue weighted by molar-refractivity contribution is -0.128. The first-order valence-corrected chi connectivity index (χ1v) is 4.85. The van der Waals surface area contributed by atoms with E-state index in [2.05, 4.69) is 5.32 Å². The lowest BCUT2D eigenvalue weighted by atomic mass is 10.1. The Bertz CT molecular complexity index is 219. The minimum absolute atomic E-state index is 0.307. The Labute approximate surface area is 72.1 Å². The molecule has 0 spiro atoms. The summed E-state index contributed by atoms with van der Waals surface area (Å²) in [5, 5.41) is 3.11. The molecule has 0 aromatic carbocycles. The zero-order valence-electron chi connectivity index (χ0n) is 7.12. The van der Waals surface area contributed by atoms with E-state index >= 15 is 0 Å². The van der Waals surface area contributed by atoms with E-state index in [1.165, 1.54) is 19.3 Å². The van der Waals surface area contributed by atoms with Crippen molar-refractivity contribution in [3.05, 3.63) is 0 Å². The number of carbonyl (C=O) groups excluding carboxylic acids is 1. The van der Waals surface area contributed by atoms with Crippen molar-refractivity contribution in [1.29, 1.82) is 0 Å². The van der Waals surface area contributed by atoms with Gasteiger partial charge in [0, 0.05) is 6.04 Å². The molecular weight excluding hydrogens is 152 g/mol. The van der Waals surface area contributed by atoms with Crippen LogP contribution in [0.2, 0.25) is 0 Å². The maximum atomic E-state index is 11.3. The molecule has 12 heavy (non-hydrogen) atoms. The third-order valence-corrected chi connectivity index (χ3v) is 3.54. The van der Waals surface area contributed by atoms with Gasteiger partial charge in [0.15, 0.2) is 0 Å². The van der Waals surface area contributed by atoms with Crippen molar-refractivity contribution in [2.45, 2.75) is 25.3 Å². The topological polar surface area (TPSA) is 32.3 Å². The Morgan fingerprint density at radius 2 is 2.00 bits per heavy atom. The van der Waals surface area contributed by atoms with Gasteiger partial charge >= 0.3 is 0 Å². The summed E-state index contributed by atoms with van der Waals surface area (Å²) < 4.78 is 0. The van der Waals surface area contributed by atoms with Crippen molar-refractivity contribution in [2.24, 2.45) is 11.8 Å². The molecule has 3 aliphatic rings. The predicted octanol–water partition coefficient (Wildman–Crippen LogP) is 0.174. The van der Waals surface area contributed by atoms with E-state index in [9.17, 15) is 4.79 Å². The number of nitrogens with zero attached hydrogens (tertiary/aromatic N) is 1. The van der Waals surface area contributed by atoms with Gasteiger partial charge in [-0.3, -0.25) is 10.1 Å². The Kier molecular flexibility index (Phi) is 1.28. The van der Waals surface area contributed by atoms with Gasteiger partial charge in [-0.15, -0.1) is 0 Å². The average Bonchev–Trinajstić information content (AvgIpc) is 2.51. The normalized spacial score (nSPS) is 45.2. The van der Waals surface area contributed by atoms with Crippen LogP contribution in [0.3, 0.4) is 0 Å². The minimum atomic E-state index is 0.307. The maximum absolute atomic E-state index is 11.3. The van der Waals surface area contributed by atoms with Crippen LogP contribution in [0.1, 0.15) is 19.3 Å². The molecule has 0 aromatic rings. The Balaban J connectivity index is 1.69. The van der Waals surface area contributed by atoms with E-state index in [4.69, 9.17) is 0 Å². The van der Waals surface area contributed by atoms with Crippen LogP contribution in [0, 0.1) is 11.8 Å². The molecule has 3 nitrogen and oxygen atoms in total. The van der Waals surface area contributed by atoms with Gasteiger partial charge in [-0.05, 0) is 31.1 Å². The molecule has 3 fully saturated rings. The Hall–Kier alpha value is -0.570. The fourth-order valence-electron chi connectivity index (χ4n) is 2.74. The molecular formula is C9H14N2O. The monoisotopic (exact) mass is 166 g/mol.